The molecule has 0 bridgehead atoms. The molecule has 3 rings (SSSR count). The van der Waals surface area contributed by atoms with Crippen molar-refractivity contribution in [3.05, 3.63) is 22.4 Å². The summed E-state index contributed by atoms with van der Waals surface area (Å²) in [4.78, 5) is 2.51. The van der Waals surface area contributed by atoms with Gasteiger partial charge < -0.3 is 14.4 Å². The molecule has 0 radical (unpaired) electrons. The highest BCUT2D eigenvalue weighted by Gasteiger charge is 2.40. The van der Waals surface area contributed by atoms with E-state index in [0.29, 0.717) is 6.04 Å². The van der Waals surface area contributed by atoms with E-state index in [2.05, 4.69) is 28.8 Å². The second-order valence-corrected chi connectivity index (χ2v) is 6.48. The highest BCUT2D eigenvalue weighted by Crippen LogP contribution is 2.37. The van der Waals surface area contributed by atoms with Gasteiger partial charge in [0, 0.05) is 25.4 Å². The van der Waals surface area contributed by atoms with Crippen molar-refractivity contribution in [3.8, 4) is 0 Å². The van der Waals surface area contributed by atoms with Crippen LogP contribution in [0.15, 0.2) is 16.8 Å². The van der Waals surface area contributed by atoms with E-state index < -0.39 is 0 Å². The van der Waals surface area contributed by atoms with Gasteiger partial charge in [-0.2, -0.15) is 11.3 Å². The minimum absolute atomic E-state index is 0.218. The predicted octanol–water partition coefficient (Wildman–Crippen LogP) is 2.91. The van der Waals surface area contributed by atoms with E-state index in [1.165, 1.54) is 18.4 Å². The van der Waals surface area contributed by atoms with Crippen LogP contribution in [0.3, 0.4) is 0 Å². The maximum atomic E-state index is 5.79. The lowest BCUT2D eigenvalue weighted by Crippen LogP contribution is -2.43. The first-order valence-corrected chi connectivity index (χ1v) is 8.21. The van der Waals surface area contributed by atoms with Crippen LogP contribution in [0.4, 0.5) is 0 Å². The summed E-state index contributed by atoms with van der Waals surface area (Å²) >= 11 is 1.79. The first-order chi connectivity index (χ1) is 9.27. The highest BCUT2D eigenvalue weighted by molar-refractivity contribution is 7.07. The van der Waals surface area contributed by atoms with Gasteiger partial charge in [-0.3, -0.25) is 0 Å². The average molecular weight is 281 g/mol. The van der Waals surface area contributed by atoms with E-state index in [1.54, 1.807) is 11.3 Å². The zero-order chi connectivity index (χ0) is 13.1. The Morgan fingerprint density at radius 3 is 2.68 bits per heavy atom. The number of ether oxygens (including phenoxy) is 2. The third-order valence-corrected chi connectivity index (χ3v) is 5.22. The average Bonchev–Trinajstić information content (AvgIpc) is 3.09. The lowest BCUT2D eigenvalue weighted by molar-refractivity contribution is -0.183. The Hall–Kier alpha value is -0.420. The van der Waals surface area contributed by atoms with Crippen molar-refractivity contribution in [2.24, 2.45) is 0 Å². The Kier molecular flexibility index (Phi) is 4.22. The second-order valence-electron chi connectivity index (χ2n) is 5.70. The fourth-order valence-electron chi connectivity index (χ4n) is 3.19. The fourth-order valence-corrected chi connectivity index (χ4v) is 3.89. The largest absolute Gasteiger partial charge is 0.348 e. The quantitative estimate of drug-likeness (QED) is 0.847. The van der Waals surface area contributed by atoms with Crippen molar-refractivity contribution >= 4 is 11.3 Å². The third kappa shape index (κ3) is 3.19. The van der Waals surface area contributed by atoms with Gasteiger partial charge in [-0.15, -0.1) is 0 Å². The van der Waals surface area contributed by atoms with E-state index >= 15 is 0 Å². The molecular formula is C15H23NO2S. The molecule has 1 aromatic rings. The molecule has 106 valence electrons. The molecule has 2 aliphatic rings. The van der Waals surface area contributed by atoms with E-state index in [4.69, 9.17) is 9.47 Å². The molecule has 1 aromatic heterocycles. The van der Waals surface area contributed by atoms with Crippen LogP contribution < -0.4 is 0 Å². The molecule has 1 saturated heterocycles. The van der Waals surface area contributed by atoms with Crippen molar-refractivity contribution < 1.29 is 9.47 Å². The van der Waals surface area contributed by atoms with Crippen LogP contribution in [0.25, 0.3) is 0 Å². The topological polar surface area (TPSA) is 21.7 Å². The molecule has 1 aliphatic heterocycles. The maximum Gasteiger partial charge on any atom is 0.168 e. The highest BCUT2D eigenvalue weighted by atomic mass is 32.1. The number of rotatable bonds is 4. The molecule has 19 heavy (non-hydrogen) atoms. The Bertz CT molecular complexity index is 377. The summed E-state index contributed by atoms with van der Waals surface area (Å²) in [6.07, 6.45) is 5.66. The minimum Gasteiger partial charge on any atom is -0.348 e. The fraction of sp³-hybridized carbons (Fsp3) is 0.733. The molecule has 2 fully saturated rings. The predicted molar refractivity (Wildman–Crippen MR) is 77.5 cm³/mol. The number of thiophene rings is 1. The summed E-state index contributed by atoms with van der Waals surface area (Å²) in [5, 5.41) is 4.42. The first kappa shape index (κ1) is 13.6. The summed E-state index contributed by atoms with van der Waals surface area (Å²) in [5.41, 5.74) is 1.46. The minimum atomic E-state index is -0.218. The molecule has 1 aliphatic carbocycles. The number of hydrogen-bond donors (Lipinski definition) is 0. The normalized spacial score (nSPS) is 23.5. The van der Waals surface area contributed by atoms with Crippen LogP contribution in [0, 0.1) is 0 Å². The van der Waals surface area contributed by atoms with E-state index in [-0.39, 0.29) is 5.79 Å². The molecule has 1 saturated carbocycles. The van der Waals surface area contributed by atoms with Crippen LogP contribution in [-0.4, -0.2) is 43.5 Å². The molecule has 1 spiro atoms. The van der Waals surface area contributed by atoms with Gasteiger partial charge in [0.15, 0.2) is 5.79 Å². The van der Waals surface area contributed by atoms with Gasteiger partial charge in [0.25, 0.3) is 0 Å². The van der Waals surface area contributed by atoms with Crippen molar-refractivity contribution in [2.75, 3.05) is 26.8 Å². The smallest absolute Gasteiger partial charge is 0.168 e. The number of likely N-dealkylation sites (N-methyl/N-ethyl adjacent to an activating group) is 1. The zero-order valence-electron chi connectivity index (χ0n) is 11.6. The molecule has 0 N–H and O–H groups in total. The summed E-state index contributed by atoms with van der Waals surface area (Å²) in [5.74, 6) is -0.218. The van der Waals surface area contributed by atoms with Gasteiger partial charge in [0.05, 0.1) is 13.2 Å². The second kappa shape index (κ2) is 5.92. The van der Waals surface area contributed by atoms with Crippen LogP contribution >= 0.6 is 11.3 Å². The third-order valence-electron chi connectivity index (χ3n) is 4.49. The maximum absolute atomic E-state index is 5.79. The molecule has 3 nitrogen and oxygen atoms in total. The van der Waals surface area contributed by atoms with E-state index in [1.807, 2.05) is 0 Å². The van der Waals surface area contributed by atoms with Crippen molar-refractivity contribution in [3.63, 3.8) is 0 Å². The number of nitrogens with zero attached hydrogens (tertiary/aromatic N) is 1. The Morgan fingerprint density at radius 2 is 2.05 bits per heavy atom. The Labute approximate surface area is 119 Å². The molecule has 0 atom stereocenters. The summed E-state index contributed by atoms with van der Waals surface area (Å²) in [7, 11) is 2.26. The van der Waals surface area contributed by atoms with Gasteiger partial charge >= 0.3 is 0 Å². The standard InChI is InChI=1S/C15H23NO2S/c1-16(8-4-13-5-11-19-12-13)14-2-6-15(7-3-14)17-9-10-18-15/h5,11-12,14H,2-4,6-10H2,1H3. The molecule has 0 aromatic carbocycles. The molecule has 0 unspecified atom stereocenters. The zero-order valence-corrected chi connectivity index (χ0v) is 12.5. The van der Waals surface area contributed by atoms with Crippen LogP contribution in [-0.2, 0) is 15.9 Å². The van der Waals surface area contributed by atoms with Gasteiger partial charge in [-0.25, -0.2) is 0 Å². The Balaban J connectivity index is 1.45. The van der Waals surface area contributed by atoms with E-state index in [0.717, 1.165) is 39.0 Å². The molecular weight excluding hydrogens is 258 g/mol. The lowest BCUT2D eigenvalue weighted by Gasteiger charge is -2.39. The van der Waals surface area contributed by atoms with Gasteiger partial charge in [-0.05, 0) is 48.7 Å². The SMILES string of the molecule is CN(CCc1ccsc1)C1CCC2(CC1)OCCO2. The van der Waals surface area contributed by atoms with Crippen LogP contribution in [0.5, 0.6) is 0 Å². The van der Waals surface area contributed by atoms with Crippen LogP contribution in [0.1, 0.15) is 31.2 Å². The monoisotopic (exact) mass is 281 g/mol. The number of hydrogen-bond acceptors (Lipinski definition) is 4. The summed E-state index contributed by atoms with van der Waals surface area (Å²) in [6.45, 7) is 2.70. The first-order valence-electron chi connectivity index (χ1n) is 7.27. The van der Waals surface area contributed by atoms with Crippen molar-refractivity contribution in [1.82, 2.24) is 4.90 Å². The molecule has 2 heterocycles. The van der Waals surface area contributed by atoms with Crippen LogP contribution in [0.2, 0.25) is 0 Å². The van der Waals surface area contributed by atoms with Gasteiger partial charge in [0.1, 0.15) is 0 Å². The van der Waals surface area contributed by atoms with Crippen molar-refractivity contribution in [2.45, 2.75) is 43.9 Å². The summed E-state index contributed by atoms with van der Waals surface area (Å²) in [6, 6.07) is 2.92. The Morgan fingerprint density at radius 1 is 1.32 bits per heavy atom. The lowest BCUT2D eigenvalue weighted by atomic mass is 9.89. The molecule has 4 heteroatoms. The van der Waals surface area contributed by atoms with Crippen molar-refractivity contribution in [1.29, 1.82) is 0 Å². The molecule has 0 amide bonds. The van der Waals surface area contributed by atoms with E-state index in [9.17, 15) is 0 Å². The van der Waals surface area contributed by atoms with Gasteiger partial charge in [0.2, 0.25) is 0 Å². The van der Waals surface area contributed by atoms with Gasteiger partial charge in [-0.1, -0.05) is 0 Å². The summed E-state index contributed by atoms with van der Waals surface area (Å²) < 4.78 is 11.6.